The second kappa shape index (κ2) is 7.86. The van der Waals surface area contributed by atoms with Crippen LogP contribution < -0.4 is 10.9 Å². The molecule has 0 unspecified atom stereocenters. The number of nitrogens with one attached hydrogen (secondary N) is 1. The Kier molecular flexibility index (Phi) is 5.57. The molecule has 0 saturated heterocycles. The fourth-order valence-corrected chi connectivity index (χ4v) is 4.12. The van der Waals surface area contributed by atoms with E-state index in [0.717, 1.165) is 29.4 Å². The van der Waals surface area contributed by atoms with Gasteiger partial charge >= 0.3 is 0 Å². The molecule has 3 heterocycles. The molecule has 0 aliphatic carbocycles. The summed E-state index contributed by atoms with van der Waals surface area (Å²) in [7, 11) is 0. The van der Waals surface area contributed by atoms with Crippen LogP contribution in [0.2, 0.25) is 0 Å². The summed E-state index contributed by atoms with van der Waals surface area (Å²) < 4.78 is 3.65. The first kappa shape index (κ1) is 17.7. The predicted molar refractivity (Wildman–Crippen MR) is 96.7 cm³/mol. The number of fused-ring (bicyclic) bond motifs is 1. The van der Waals surface area contributed by atoms with Crippen LogP contribution in [-0.4, -0.2) is 37.3 Å². The van der Waals surface area contributed by atoms with Gasteiger partial charge in [-0.15, -0.1) is 0 Å². The normalized spacial score (nSPS) is 16.5. The number of thioether (sulfide) groups is 1. The summed E-state index contributed by atoms with van der Waals surface area (Å²) in [5.74, 6) is 0.469. The molecule has 1 N–H and O–H groups in total. The van der Waals surface area contributed by atoms with Crippen molar-refractivity contribution in [1.29, 1.82) is 0 Å². The Morgan fingerprint density at radius 3 is 3.04 bits per heavy atom. The van der Waals surface area contributed by atoms with Gasteiger partial charge in [-0.1, -0.05) is 18.7 Å². The quantitative estimate of drug-likeness (QED) is 0.618. The molecule has 0 spiro atoms. The maximum Gasteiger partial charge on any atom is 0.257 e. The van der Waals surface area contributed by atoms with Gasteiger partial charge in [0.25, 0.3) is 5.56 Å². The highest BCUT2D eigenvalue weighted by Gasteiger charge is 2.27. The molecule has 7 nitrogen and oxygen atoms in total. The van der Waals surface area contributed by atoms with E-state index in [0.29, 0.717) is 25.3 Å². The summed E-state index contributed by atoms with van der Waals surface area (Å²) in [4.78, 5) is 33.5. The van der Waals surface area contributed by atoms with E-state index in [1.165, 1.54) is 11.8 Å². The number of hydrogen-bond acceptors (Lipinski definition) is 5. The molecule has 1 aliphatic rings. The van der Waals surface area contributed by atoms with Gasteiger partial charge < -0.3 is 9.88 Å². The van der Waals surface area contributed by atoms with Crippen molar-refractivity contribution >= 4 is 17.7 Å². The fraction of sp³-hybridized carbons (Fsp3) is 0.529. The number of carbonyl (C=O) groups excluding carboxylic acids is 1. The van der Waals surface area contributed by atoms with Crippen LogP contribution in [0.5, 0.6) is 0 Å². The second-order valence-corrected chi connectivity index (χ2v) is 7.17. The summed E-state index contributed by atoms with van der Waals surface area (Å²) in [5.41, 5.74) is 1.54. The third kappa shape index (κ3) is 3.95. The summed E-state index contributed by atoms with van der Waals surface area (Å²) >= 11 is 1.49. The zero-order valence-corrected chi connectivity index (χ0v) is 15.4. The molecule has 0 aromatic carbocycles. The molecule has 0 fully saturated rings. The Hall–Kier alpha value is -2.09. The number of hydrogen-bond donors (Lipinski definition) is 1. The summed E-state index contributed by atoms with van der Waals surface area (Å²) in [6.07, 6.45) is 6.92. The summed E-state index contributed by atoms with van der Waals surface area (Å²) in [5, 5.41) is 3.71. The number of nitrogens with zero attached hydrogens (tertiary/aromatic N) is 4. The van der Waals surface area contributed by atoms with Crippen LogP contribution in [0.15, 0.2) is 28.7 Å². The number of aromatic nitrogens is 4. The molecule has 8 heteroatoms. The molecule has 134 valence electrons. The molecular weight excluding hydrogens is 338 g/mol. The molecule has 0 saturated carbocycles. The number of amides is 1. The lowest BCUT2D eigenvalue weighted by molar-refractivity contribution is -0.124. The van der Waals surface area contributed by atoms with Crippen LogP contribution in [0, 0.1) is 12.8 Å². The Morgan fingerprint density at radius 2 is 2.32 bits per heavy atom. The van der Waals surface area contributed by atoms with Gasteiger partial charge in [-0.2, -0.15) is 0 Å². The first-order valence-corrected chi connectivity index (χ1v) is 9.55. The van der Waals surface area contributed by atoms with E-state index >= 15 is 0 Å². The third-order valence-electron chi connectivity index (χ3n) is 4.43. The molecule has 1 atom stereocenters. The van der Waals surface area contributed by atoms with E-state index < -0.39 is 0 Å². The highest BCUT2D eigenvalue weighted by Crippen LogP contribution is 2.25. The molecule has 25 heavy (non-hydrogen) atoms. The first-order chi connectivity index (χ1) is 12.1. The van der Waals surface area contributed by atoms with Gasteiger partial charge in [0.1, 0.15) is 0 Å². The average molecular weight is 361 g/mol. The highest BCUT2D eigenvalue weighted by molar-refractivity contribution is 7.99. The molecular formula is C17H23N5O2S. The van der Waals surface area contributed by atoms with Crippen LogP contribution >= 0.6 is 11.8 Å². The summed E-state index contributed by atoms with van der Waals surface area (Å²) in [6.45, 7) is 5.69. The largest absolute Gasteiger partial charge is 0.356 e. The zero-order chi connectivity index (χ0) is 17.8. The molecule has 3 rings (SSSR count). The minimum atomic E-state index is -0.197. The van der Waals surface area contributed by atoms with Gasteiger partial charge in [0.2, 0.25) is 5.91 Å². The van der Waals surface area contributed by atoms with Crippen molar-refractivity contribution in [3.63, 3.8) is 0 Å². The SMILES string of the molecule is CCc1c(C)nc2n(c1=O)C[C@@H](C(=O)NCCCn1ccnc1)CS2. The molecule has 0 radical (unpaired) electrons. The highest BCUT2D eigenvalue weighted by atomic mass is 32.2. The van der Waals surface area contributed by atoms with Crippen LogP contribution in [0.1, 0.15) is 24.6 Å². The van der Waals surface area contributed by atoms with E-state index in [4.69, 9.17) is 0 Å². The fourth-order valence-electron chi connectivity index (χ4n) is 3.00. The molecule has 2 aromatic heterocycles. The molecule has 0 bridgehead atoms. The number of rotatable bonds is 6. The molecule has 2 aromatic rings. The van der Waals surface area contributed by atoms with Gasteiger partial charge in [0.15, 0.2) is 5.16 Å². The zero-order valence-electron chi connectivity index (χ0n) is 14.6. The Morgan fingerprint density at radius 1 is 1.48 bits per heavy atom. The lowest BCUT2D eigenvalue weighted by Crippen LogP contribution is -2.41. The van der Waals surface area contributed by atoms with E-state index in [1.807, 2.05) is 24.6 Å². The summed E-state index contributed by atoms with van der Waals surface area (Å²) in [6, 6.07) is 0. The molecule has 1 aliphatic heterocycles. The van der Waals surface area contributed by atoms with Crippen LogP contribution in [0.25, 0.3) is 0 Å². The van der Waals surface area contributed by atoms with Crippen LogP contribution in [0.4, 0.5) is 0 Å². The lowest BCUT2D eigenvalue weighted by atomic mass is 10.1. The second-order valence-electron chi connectivity index (χ2n) is 6.18. The molecule has 1 amide bonds. The van der Waals surface area contributed by atoms with Crippen molar-refractivity contribution in [2.75, 3.05) is 12.3 Å². The average Bonchev–Trinajstić information content (AvgIpc) is 3.12. The van der Waals surface area contributed by atoms with Gasteiger partial charge in [-0.3, -0.25) is 14.2 Å². The topological polar surface area (TPSA) is 81.8 Å². The van der Waals surface area contributed by atoms with Crippen LogP contribution in [0.3, 0.4) is 0 Å². The van der Waals surface area contributed by atoms with Gasteiger partial charge in [0, 0.05) is 49.0 Å². The van der Waals surface area contributed by atoms with Crippen molar-refractivity contribution < 1.29 is 4.79 Å². The minimum Gasteiger partial charge on any atom is -0.356 e. The van der Waals surface area contributed by atoms with Crippen molar-refractivity contribution in [3.05, 3.63) is 40.3 Å². The Labute approximate surface area is 150 Å². The minimum absolute atomic E-state index is 0.00453. The monoisotopic (exact) mass is 361 g/mol. The standard InChI is InChI=1S/C17H23N5O2S/c1-3-14-12(2)20-17-22(16(14)24)9-13(10-25-17)15(23)19-5-4-7-21-8-6-18-11-21/h6,8,11,13H,3-5,7,9-10H2,1-2H3,(H,19,23)/t13-/m1/s1. The van der Waals surface area contributed by atoms with E-state index in [9.17, 15) is 9.59 Å². The van der Waals surface area contributed by atoms with Gasteiger partial charge in [0.05, 0.1) is 12.2 Å². The maximum absolute atomic E-state index is 12.6. The van der Waals surface area contributed by atoms with Crippen molar-refractivity contribution in [2.24, 2.45) is 5.92 Å². The number of aryl methyl sites for hydroxylation is 2. The first-order valence-electron chi connectivity index (χ1n) is 8.56. The van der Waals surface area contributed by atoms with E-state index in [1.54, 1.807) is 17.1 Å². The smallest absolute Gasteiger partial charge is 0.257 e. The number of imidazole rings is 1. The van der Waals surface area contributed by atoms with Crippen molar-refractivity contribution in [1.82, 2.24) is 24.4 Å². The lowest BCUT2D eigenvalue weighted by Gasteiger charge is -2.25. The maximum atomic E-state index is 12.6. The third-order valence-corrected chi connectivity index (χ3v) is 5.57. The van der Waals surface area contributed by atoms with Crippen molar-refractivity contribution in [3.8, 4) is 0 Å². The number of carbonyl (C=O) groups is 1. The van der Waals surface area contributed by atoms with Gasteiger partial charge in [-0.05, 0) is 19.8 Å². The van der Waals surface area contributed by atoms with E-state index in [-0.39, 0.29) is 17.4 Å². The Balaban J connectivity index is 1.58. The Bertz CT molecular complexity index is 800. The van der Waals surface area contributed by atoms with Crippen LogP contribution in [-0.2, 0) is 24.3 Å². The van der Waals surface area contributed by atoms with Crippen molar-refractivity contribution in [2.45, 2.75) is 44.9 Å². The van der Waals surface area contributed by atoms with Gasteiger partial charge in [-0.25, -0.2) is 9.97 Å². The predicted octanol–water partition coefficient (Wildman–Crippen LogP) is 1.24. The van der Waals surface area contributed by atoms with E-state index in [2.05, 4.69) is 15.3 Å².